The second-order valence-corrected chi connectivity index (χ2v) is 18.4. The van der Waals surface area contributed by atoms with Crippen molar-refractivity contribution < 1.29 is 35.2 Å². The Bertz CT molecular complexity index is 348. The quantitative estimate of drug-likeness (QED) is 0.0439. The van der Waals surface area contributed by atoms with Crippen molar-refractivity contribution in [2.24, 2.45) is 0 Å². The van der Waals surface area contributed by atoms with Crippen molar-refractivity contribution in [3.05, 3.63) is 0 Å². The van der Waals surface area contributed by atoms with Crippen LogP contribution in [0.25, 0.3) is 0 Å². The monoisotopic (exact) mass is 657 g/mol. The van der Waals surface area contributed by atoms with Gasteiger partial charge in [0.1, 0.15) is 0 Å². The summed E-state index contributed by atoms with van der Waals surface area (Å²) in [7, 11) is 0. The first-order chi connectivity index (χ1) is 16.2. The minimum absolute atomic E-state index is 0. The van der Waals surface area contributed by atoms with Gasteiger partial charge in [-0.15, -0.1) is 0 Å². The minimum Gasteiger partial charge on any atom is -0.516 e. The normalized spacial score (nSPS) is 11.7. The maximum atomic E-state index is 5.50. The second-order valence-electron chi connectivity index (χ2n) is 8.47. The Morgan fingerprint density at radius 2 is 0.571 bits per heavy atom. The van der Waals surface area contributed by atoms with Crippen LogP contribution in [0.4, 0.5) is 0 Å². The number of rotatable bonds is 24. The predicted molar refractivity (Wildman–Crippen MR) is 164 cm³/mol. The van der Waals surface area contributed by atoms with Gasteiger partial charge in [0.05, 0.1) is 26.4 Å². The molecular weight excluding hydrogens is 606 g/mol. The summed E-state index contributed by atoms with van der Waals surface area (Å²) in [5, 5.41) is 0. The minimum atomic E-state index is -2.37. The van der Waals surface area contributed by atoms with E-state index in [4.69, 9.17) is 67.1 Å². The fourth-order valence-electron chi connectivity index (χ4n) is 2.90. The van der Waals surface area contributed by atoms with Crippen LogP contribution in [0.5, 0.6) is 0 Å². The molecule has 0 amide bonds. The van der Waals surface area contributed by atoms with Crippen molar-refractivity contribution in [1.82, 2.24) is 0 Å². The Morgan fingerprint density at radius 3 is 0.743 bits per heavy atom. The summed E-state index contributed by atoms with van der Waals surface area (Å²) >= 11 is 20.7. The molecule has 0 aliphatic carbocycles. The van der Waals surface area contributed by atoms with E-state index in [2.05, 4.69) is 27.7 Å². The first-order valence-corrected chi connectivity index (χ1v) is 20.7. The zero-order chi connectivity index (χ0) is 26.0. The van der Waals surface area contributed by atoms with Gasteiger partial charge in [-0.1, -0.05) is 105 Å². The summed E-state index contributed by atoms with van der Waals surface area (Å²) in [5.41, 5.74) is 0. The molecule has 4 nitrogen and oxygen atoms in total. The predicted octanol–water partition coefficient (Wildman–Crippen LogP) is 9.90. The van der Waals surface area contributed by atoms with Gasteiger partial charge in [0.2, 0.25) is 0 Å². The van der Waals surface area contributed by atoms with Gasteiger partial charge in [0.15, 0.2) is 0 Å². The Kier molecular flexibility index (Phi) is 37.5. The molecule has 0 aliphatic heterocycles. The third kappa shape index (κ3) is 36.6. The first kappa shape index (κ1) is 42.1. The van der Waals surface area contributed by atoms with E-state index in [0.29, 0.717) is 26.4 Å². The molecule has 0 bridgehead atoms. The van der Waals surface area contributed by atoms with Crippen LogP contribution in [0.3, 0.4) is 0 Å². The van der Waals surface area contributed by atoms with Gasteiger partial charge >= 0.3 is 17.1 Å². The van der Waals surface area contributed by atoms with E-state index in [-0.39, 0.29) is 17.1 Å². The number of unbranched alkanes of at least 4 members (excludes halogenated alkanes) is 12. The molecule has 0 unspecified atom stereocenters. The fourth-order valence-corrected chi connectivity index (χ4v) is 6.24. The number of hydrogen-bond donors (Lipinski definition) is 0. The summed E-state index contributed by atoms with van der Waals surface area (Å²) in [6, 6.07) is 0. The zero-order valence-corrected chi connectivity index (χ0v) is 28.6. The summed E-state index contributed by atoms with van der Waals surface area (Å²) in [4.78, 5) is 0. The Morgan fingerprint density at radius 1 is 0.371 bits per heavy atom. The van der Waals surface area contributed by atoms with Crippen LogP contribution in [-0.2, 0) is 84.2 Å². The fraction of sp³-hybridized carbons (Fsp3) is 1.00. The zero-order valence-electron chi connectivity index (χ0n) is 22.6. The van der Waals surface area contributed by atoms with E-state index in [1.54, 1.807) is 0 Å². The molecule has 0 aromatic rings. The van der Waals surface area contributed by atoms with E-state index in [1.165, 1.54) is 77.0 Å². The van der Waals surface area contributed by atoms with Gasteiger partial charge in [-0.25, -0.2) is 0 Å². The van der Waals surface area contributed by atoms with Gasteiger partial charge in [-0.3, -0.25) is 18.1 Å². The van der Waals surface area contributed by atoms with Crippen molar-refractivity contribution >= 4 is 61.2 Å². The van der Waals surface area contributed by atoms with Crippen LogP contribution in [0, 0.1) is 0 Å². The Labute approximate surface area is 251 Å². The first-order valence-electron chi connectivity index (χ1n) is 13.4. The molecule has 0 heterocycles. The van der Waals surface area contributed by atoms with Gasteiger partial charge in [-0.2, -0.15) is 0 Å². The molecule has 0 spiro atoms. The summed E-state index contributed by atoms with van der Waals surface area (Å²) in [6.07, 6.45) is 14.1. The Hall–Kier alpha value is 2.62. The van der Waals surface area contributed by atoms with Crippen LogP contribution >= 0.6 is 12.2 Å². The molecule has 0 aliphatic rings. The van der Waals surface area contributed by atoms with Gasteiger partial charge in [0, 0.05) is 12.2 Å². The van der Waals surface area contributed by atoms with Gasteiger partial charge < -0.3 is 49.0 Å². The van der Waals surface area contributed by atoms with E-state index >= 15 is 0 Å². The third-order valence-electron chi connectivity index (χ3n) is 4.99. The standard InChI is InChI=1S/2C12H27O2PS2.Cu/c2*1-3-5-7-9-11-13-15(16,17)14-12-10-8-6-4-2;/h2*3-12H2,1-2H3,(H,16,17);/q;;+2/p-2. The molecule has 217 valence electrons. The van der Waals surface area contributed by atoms with Crippen molar-refractivity contribution in [2.45, 2.75) is 130 Å². The topological polar surface area (TPSA) is 36.9 Å². The van der Waals surface area contributed by atoms with Crippen molar-refractivity contribution in [2.75, 3.05) is 26.4 Å². The molecule has 11 heteroatoms. The van der Waals surface area contributed by atoms with Gasteiger partial charge in [-0.05, 0) is 25.7 Å². The number of hydrogen-bond acceptors (Lipinski definition) is 8. The molecule has 0 aromatic heterocycles. The smallest absolute Gasteiger partial charge is 0.516 e. The molecule has 1 radical (unpaired) electrons. The van der Waals surface area contributed by atoms with Crippen molar-refractivity contribution in [3.8, 4) is 0 Å². The van der Waals surface area contributed by atoms with Crippen LogP contribution < -0.4 is 0 Å². The molecule has 35 heavy (non-hydrogen) atoms. The van der Waals surface area contributed by atoms with Crippen LogP contribution in [0.1, 0.15) is 130 Å². The van der Waals surface area contributed by atoms with Crippen LogP contribution in [-0.4, -0.2) is 26.4 Å². The van der Waals surface area contributed by atoms with Gasteiger partial charge in [0.25, 0.3) is 0 Å². The van der Waals surface area contributed by atoms with E-state index in [9.17, 15) is 0 Å². The molecule has 0 N–H and O–H groups in total. The average Bonchev–Trinajstić information content (AvgIpc) is 2.79. The second kappa shape index (κ2) is 31.2. The average molecular weight is 658 g/mol. The van der Waals surface area contributed by atoms with Crippen molar-refractivity contribution in [3.63, 3.8) is 0 Å². The SMILES string of the molecule is CCCCCCO[P+]([S-])([S-])OCCCCCC.CCCCCCO[P+]([S-])([S-])OCCCCCC.[Cu+2]. The molecule has 0 aromatic carbocycles. The van der Waals surface area contributed by atoms with Crippen molar-refractivity contribution in [1.29, 1.82) is 0 Å². The van der Waals surface area contributed by atoms with E-state index in [1.807, 2.05) is 0 Å². The molecule has 0 saturated heterocycles. The Balaban J connectivity index is -0.000000569. The molecule has 0 rings (SSSR count). The van der Waals surface area contributed by atoms with Crippen LogP contribution in [0.2, 0.25) is 0 Å². The molecule has 0 atom stereocenters. The summed E-state index contributed by atoms with van der Waals surface area (Å²) < 4.78 is 22.0. The molecule has 0 fully saturated rings. The summed E-state index contributed by atoms with van der Waals surface area (Å²) in [5.74, 6) is 0. The molecular formula is C24H52CuO4P2S4. The van der Waals surface area contributed by atoms with E-state index in [0.717, 1.165) is 25.7 Å². The maximum absolute atomic E-state index is 5.50. The largest absolute Gasteiger partial charge is 2.00 e. The maximum Gasteiger partial charge on any atom is 2.00 e. The van der Waals surface area contributed by atoms with Crippen LogP contribution in [0.15, 0.2) is 0 Å². The summed E-state index contributed by atoms with van der Waals surface area (Å²) in [6.45, 7) is 11.4. The molecule has 0 saturated carbocycles. The van der Waals surface area contributed by atoms with E-state index < -0.39 is 12.2 Å². The third-order valence-corrected chi connectivity index (χ3v) is 9.51.